The molecule has 0 rings (SSSR count). The fraction of sp³-hybridized carbons (Fsp3) is 0.333. The molecule has 0 bridgehead atoms. The van der Waals surface area contributed by atoms with E-state index in [4.69, 9.17) is 13.6 Å². The second-order valence-corrected chi connectivity index (χ2v) is 0.664. The van der Waals surface area contributed by atoms with Gasteiger partial charge in [0.25, 0.3) is 0 Å². The van der Waals surface area contributed by atoms with Crippen molar-refractivity contribution in [3.05, 3.63) is 12.1 Å². The molecule has 0 aliphatic rings. The normalized spacial score (nSPS) is 9.80. The molecular formula is C3H6BN. The maximum absolute atomic E-state index is 4.97. The smallest absolute Gasteiger partial charge is 0.102 e. The Kier molecular flexibility index (Phi) is 3.59. The van der Waals surface area contributed by atoms with Crippen LogP contribution in [-0.4, -0.2) is 14.4 Å². The predicted octanol–water partition coefficient (Wildman–Crippen LogP) is -0.373. The Bertz CT molecular complexity index is 33.9. The molecule has 0 spiro atoms. The lowest BCUT2D eigenvalue weighted by Crippen LogP contribution is -1.91. The molecule has 0 aliphatic carbocycles. The zero-order valence-electron chi connectivity index (χ0n) is 3.02. The molecule has 2 radical (unpaired) electrons. The van der Waals surface area contributed by atoms with Gasteiger partial charge in [0, 0.05) is 6.54 Å². The van der Waals surface area contributed by atoms with Gasteiger partial charge in [-0.05, 0) is 0 Å². The summed E-state index contributed by atoms with van der Waals surface area (Å²) in [7, 11) is 4.88. The van der Waals surface area contributed by atoms with Crippen molar-refractivity contribution < 1.29 is 0 Å². The zero-order valence-corrected chi connectivity index (χ0v) is 3.02. The Labute approximate surface area is 33.3 Å². The van der Waals surface area contributed by atoms with Gasteiger partial charge in [-0.3, -0.25) is 0 Å². The molecule has 0 unspecified atom stereocenters. The van der Waals surface area contributed by atoms with Crippen molar-refractivity contribution in [2.45, 2.75) is 0 Å². The van der Waals surface area contributed by atoms with Crippen LogP contribution in [0.2, 0.25) is 0 Å². The van der Waals surface area contributed by atoms with Crippen LogP contribution in [0.4, 0.5) is 0 Å². The number of rotatable bonds is 1. The van der Waals surface area contributed by atoms with Gasteiger partial charge in [-0.15, -0.1) is 5.98 Å². The Hall–Kier alpha value is -0.235. The van der Waals surface area contributed by atoms with Crippen LogP contribution in [0.15, 0.2) is 12.1 Å². The van der Waals surface area contributed by atoms with E-state index in [1.54, 1.807) is 6.08 Å². The lowest BCUT2D eigenvalue weighted by Gasteiger charge is -1.67. The van der Waals surface area contributed by atoms with Crippen LogP contribution < -0.4 is 5.73 Å². The number of hydrogen-bond donors (Lipinski definition) is 1. The molecule has 0 saturated carbocycles. The number of nitrogens with two attached hydrogens (primary N) is 1. The van der Waals surface area contributed by atoms with E-state index in [9.17, 15) is 0 Å². The van der Waals surface area contributed by atoms with Crippen LogP contribution in [0.5, 0.6) is 0 Å². The Morgan fingerprint density at radius 2 is 2.40 bits per heavy atom. The van der Waals surface area contributed by atoms with Crippen molar-refractivity contribution >= 4 is 7.85 Å². The first-order chi connectivity index (χ1) is 2.41. The van der Waals surface area contributed by atoms with E-state index < -0.39 is 0 Å². The highest BCUT2D eigenvalue weighted by Gasteiger charge is 1.51. The molecule has 0 aromatic heterocycles. The monoisotopic (exact) mass is 67.1 g/mol. The predicted molar refractivity (Wildman–Crippen MR) is 23.9 cm³/mol. The second-order valence-electron chi connectivity index (χ2n) is 0.664. The van der Waals surface area contributed by atoms with Crippen LogP contribution in [0, 0.1) is 0 Å². The summed E-state index contributed by atoms with van der Waals surface area (Å²) in [5.41, 5.74) is 4.97. The van der Waals surface area contributed by atoms with Crippen molar-refractivity contribution in [2.75, 3.05) is 6.54 Å². The summed E-state index contributed by atoms with van der Waals surface area (Å²) in [6.07, 6.45) is 1.68. The zero-order chi connectivity index (χ0) is 4.12. The molecule has 1 nitrogen and oxygen atoms in total. The lowest BCUT2D eigenvalue weighted by atomic mass is 10.1. The molecule has 0 fully saturated rings. The van der Waals surface area contributed by atoms with Crippen LogP contribution >= 0.6 is 0 Å². The first-order valence-electron chi connectivity index (χ1n) is 1.48. The van der Waals surface area contributed by atoms with E-state index in [1.165, 1.54) is 5.98 Å². The highest BCUT2D eigenvalue weighted by molar-refractivity contribution is 6.16. The number of hydrogen-bond acceptors (Lipinski definition) is 1. The summed E-state index contributed by atoms with van der Waals surface area (Å²) in [5.74, 6) is 1.43. The fourth-order valence-electron chi connectivity index (χ4n) is 0.0786. The van der Waals surface area contributed by atoms with Gasteiger partial charge >= 0.3 is 0 Å². The largest absolute Gasteiger partial charge is 0.327 e. The third kappa shape index (κ3) is 3.76. The Morgan fingerprint density at radius 1 is 1.80 bits per heavy atom. The maximum atomic E-state index is 4.97. The van der Waals surface area contributed by atoms with Crippen molar-refractivity contribution in [2.24, 2.45) is 5.73 Å². The van der Waals surface area contributed by atoms with Gasteiger partial charge in [0.15, 0.2) is 0 Å². The van der Waals surface area contributed by atoms with Gasteiger partial charge in [-0.1, -0.05) is 6.08 Å². The summed E-state index contributed by atoms with van der Waals surface area (Å²) in [6.45, 7) is 0.538. The molecule has 0 amide bonds. The summed E-state index contributed by atoms with van der Waals surface area (Å²) < 4.78 is 0. The van der Waals surface area contributed by atoms with Crippen LogP contribution in [-0.2, 0) is 0 Å². The molecule has 0 atom stereocenters. The van der Waals surface area contributed by atoms with Crippen molar-refractivity contribution in [1.29, 1.82) is 0 Å². The van der Waals surface area contributed by atoms with Gasteiger partial charge in [-0.2, -0.15) is 0 Å². The minimum Gasteiger partial charge on any atom is -0.327 e. The molecule has 0 aromatic carbocycles. The summed E-state index contributed by atoms with van der Waals surface area (Å²) >= 11 is 0. The summed E-state index contributed by atoms with van der Waals surface area (Å²) in [5, 5.41) is 0. The minimum absolute atomic E-state index is 0.538. The third-order valence-corrected chi connectivity index (χ3v) is 0.272. The van der Waals surface area contributed by atoms with Gasteiger partial charge in [0.05, 0.1) is 0 Å². The van der Waals surface area contributed by atoms with E-state index in [-0.39, 0.29) is 0 Å². The molecule has 5 heavy (non-hydrogen) atoms. The highest BCUT2D eigenvalue weighted by Crippen LogP contribution is 1.52. The van der Waals surface area contributed by atoms with Gasteiger partial charge in [0.2, 0.25) is 0 Å². The summed E-state index contributed by atoms with van der Waals surface area (Å²) in [6, 6.07) is 0. The van der Waals surface area contributed by atoms with Gasteiger partial charge < -0.3 is 5.73 Å². The van der Waals surface area contributed by atoms with Gasteiger partial charge in [-0.25, -0.2) is 0 Å². The van der Waals surface area contributed by atoms with Crippen molar-refractivity contribution in [3.63, 3.8) is 0 Å². The summed E-state index contributed by atoms with van der Waals surface area (Å²) in [4.78, 5) is 0. The fourth-order valence-corrected chi connectivity index (χ4v) is 0.0786. The average molecular weight is 66.9 g/mol. The minimum atomic E-state index is 0.538. The molecule has 0 aromatic rings. The Morgan fingerprint density at radius 3 is 2.40 bits per heavy atom. The molecule has 26 valence electrons. The van der Waals surface area contributed by atoms with Crippen molar-refractivity contribution in [3.8, 4) is 0 Å². The molecular weight excluding hydrogens is 60.9 g/mol. The van der Waals surface area contributed by atoms with E-state index in [1.807, 2.05) is 0 Å². The Balaban J connectivity index is 2.62. The van der Waals surface area contributed by atoms with E-state index in [2.05, 4.69) is 0 Å². The van der Waals surface area contributed by atoms with Crippen LogP contribution in [0.25, 0.3) is 0 Å². The molecule has 2 N–H and O–H groups in total. The highest BCUT2D eigenvalue weighted by atomic mass is 14.5. The SMILES string of the molecule is [B]/C=C/CN. The van der Waals surface area contributed by atoms with E-state index >= 15 is 0 Å². The average Bonchev–Trinajstić information content (AvgIpc) is 1.41. The molecule has 0 heterocycles. The van der Waals surface area contributed by atoms with E-state index in [0.29, 0.717) is 6.54 Å². The second kappa shape index (κ2) is 3.76. The van der Waals surface area contributed by atoms with Crippen molar-refractivity contribution in [1.82, 2.24) is 0 Å². The van der Waals surface area contributed by atoms with E-state index in [0.717, 1.165) is 0 Å². The molecule has 0 saturated heterocycles. The first kappa shape index (κ1) is 4.76. The molecule has 0 aliphatic heterocycles. The first-order valence-corrected chi connectivity index (χ1v) is 1.48. The lowest BCUT2D eigenvalue weighted by molar-refractivity contribution is 1.26. The third-order valence-electron chi connectivity index (χ3n) is 0.272. The standard InChI is InChI=1S/C3H6BN/c4-2-1-3-5/h1-2H,3,5H2/b2-1+. The van der Waals surface area contributed by atoms with Gasteiger partial charge in [0.1, 0.15) is 7.85 Å². The van der Waals surface area contributed by atoms with Crippen LogP contribution in [0.3, 0.4) is 0 Å². The molecule has 2 heteroatoms. The quantitative estimate of drug-likeness (QED) is 0.416. The maximum Gasteiger partial charge on any atom is 0.102 e. The van der Waals surface area contributed by atoms with Crippen LogP contribution in [0.1, 0.15) is 0 Å². The topological polar surface area (TPSA) is 26.0 Å².